The van der Waals surface area contributed by atoms with Crippen LogP contribution in [0.4, 0.5) is 32.0 Å². The van der Waals surface area contributed by atoms with Gasteiger partial charge in [-0.2, -0.15) is 26.3 Å². The zero-order valence-electron chi connectivity index (χ0n) is 11.1. The molecular weight excluding hydrogens is 328 g/mol. The SMILES string of the molecule is O=[N+]([O-])c1ccc(-c2cccc(C(F)(F)F)c2)cc1C(F)(F)F. The smallest absolute Gasteiger partial charge is 0.258 e. The highest BCUT2D eigenvalue weighted by molar-refractivity contribution is 5.67. The van der Waals surface area contributed by atoms with Crippen molar-refractivity contribution in [1.29, 1.82) is 0 Å². The number of hydrogen-bond donors (Lipinski definition) is 0. The van der Waals surface area contributed by atoms with Crippen molar-refractivity contribution in [2.75, 3.05) is 0 Å². The van der Waals surface area contributed by atoms with Crippen LogP contribution in [0.3, 0.4) is 0 Å². The van der Waals surface area contributed by atoms with E-state index in [9.17, 15) is 36.5 Å². The van der Waals surface area contributed by atoms with Gasteiger partial charge in [-0.1, -0.05) is 12.1 Å². The number of nitro groups is 1. The molecule has 9 heteroatoms. The Kier molecular flexibility index (Phi) is 4.06. The van der Waals surface area contributed by atoms with Crippen LogP contribution in [0, 0.1) is 10.1 Å². The Morgan fingerprint density at radius 3 is 1.96 bits per heavy atom. The van der Waals surface area contributed by atoms with Gasteiger partial charge in [-0.05, 0) is 35.4 Å². The first kappa shape index (κ1) is 16.8. The van der Waals surface area contributed by atoms with Crippen LogP contribution in [0.25, 0.3) is 11.1 Å². The summed E-state index contributed by atoms with van der Waals surface area (Å²) in [6.07, 6.45) is -9.65. The summed E-state index contributed by atoms with van der Waals surface area (Å²) in [5.74, 6) is 0. The summed E-state index contributed by atoms with van der Waals surface area (Å²) >= 11 is 0. The van der Waals surface area contributed by atoms with E-state index in [0.717, 1.165) is 18.2 Å². The molecule has 0 heterocycles. The van der Waals surface area contributed by atoms with Gasteiger partial charge in [0.05, 0.1) is 10.5 Å². The summed E-state index contributed by atoms with van der Waals surface area (Å²) in [6.45, 7) is 0. The number of nitrogens with zero attached hydrogens (tertiary/aromatic N) is 1. The fourth-order valence-electron chi connectivity index (χ4n) is 1.98. The van der Waals surface area contributed by atoms with Gasteiger partial charge in [0, 0.05) is 6.07 Å². The second-order valence-electron chi connectivity index (χ2n) is 4.57. The van der Waals surface area contributed by atoms with E-state index in [1.165, 1.54) is 6.07 Å². The summed E-state index contributed by atoms with van der Waals surface area (Å²) in [5.41, 5.74) is -4.03. The molecule has 0 radical (unpaired) electrons. The van der Waals surface area contributed by atoms with Crippen molar-refractivity contribution in [2.45, 2.75) is 12.4 Å². The maximum absolute atomic E-state index is 12.9. The molecule has 0 saturated heterocycles. The predicted molar refractivity (Wildman–Crippen MR) is 68.5 cm³/mol. The largest absolute Gasteiger partial charge is 0.423 e. The Hall–Kier alpha value is -2.58. The highest BCUT2D eigenvalue weighted by atomic mass is 19.4. The fourth-order valence-corrected chi connectivity index (χ4v) is 1.98. The van der Waals surface area contributed by atoms with E-state index in [2.05, 4.69) is 0 Å². The molecule has 0 aromatic heterocycles. The number of alkyl halides is 6. The van der Waals surface area contributed by atoms with Crippen LogP contribution in [-0.2, 0) is 12.4 Å². The summed E-state index contributed by atoms with van der Waals surface area (Å²) in [5, 5.41) is 10.7. The van der Waals surface area contributed by atoms with Crippen molar-refractivity contribution in [3.63, 3.8) is 0 Å². The molecule has 2 rings (SSSR count). The van der Waals surface area contributed by atoms with E-state index < -0.39 is 34.1 Å². The predicted octanol–water partition coefficient (Wildman–Crippen LogP) is 5.30. The minimum atomic E-state index is -5.00. The topological polar surface area (TPSA) is 43.1 Å². The lowest BCUT2D eigenvalue weighted by atomic mass is 9.99. The Morgan fingerprint density at radius 2 is 1.43 bits per heavy atom. The van der Waals surface area contributed by atoms with Crippen molar-refractivity contribution in [2.24, 2.45) is 0 Å². The molecule has 0 spiro atoms. The van der Waals surface area contributed by atoms with Crippen molar-refractivity contribution in [1.82, 2.24) is 0 Å². The third-order valence-corrected chi connectivity index (χ3v) is 3.02. The fraction of sp³-hybridized carbons (Fsp3) is 0.143. The molecule has 0 aliphatic heterocycles. The minimum absolute atomic E-state index is 0.125. The van der Waals surface area contributed by atoms with E-state index in [1.54, 1.807) is 0 Å². The van der Waals surface area contributed by atoms with Crippen LogP contribution in [0.15, 0.2) is 42.5 Å². The normalized spacial score (nSPS) is 12.3. The van der Waals surface area contributed by atoms with Crippen molar-refractivity contribution in [3.05, 3.63) is 63.7 Å². The van der Waals surface area contributed by atoms with Gasteiger partial charge in [0.2, 0.25) is 0 Å². The van der Waals surface area contributed by atoms with Gasteiger partial charge in [-0.3, -0.25) is 10.1 Å². The van der Waals surface area contributed by atoms with Crippen molar-refractivity contribution in [3.8, 4) is 11.1 Å². The zero-order chi connectivity index (χ0) is 17.4. The van der Waals surface area contributed by atoms with E-state index in [4.69, 9.17) is 0 Å². The molecule has 0 aliphatic carbocycles. The summed E-state index contributed by atoms with van der Waals surface area (Å²) in [6, 6.07) is 5.76. The monoisotopic (exact) mass is 335 g/mol. The van der Waals surface area contributed by atoms with Crippen LogP contribution < -0.4 is 0 Å². The Balaban J connectivity index is 2.60. The maximum atomic E-state index is 12.9. The van der Waals surface area contributed by atoms with Gasteiger partial charge in [0.15, 0.2) is 0 Å². The number of halogens is 6. The molecule has 0 unspecified atom stereocenters. The zero-order valence-corrected chi connectivity index (χ0v) is 11.1. The molecule has 2 aromatic rings. The van der Waals surface area contributed by atoms with Crippen LogP contribution >= 0.6 is 0 Å². The number of benzene rings is 2. The summed E-state index contributed by atoms with van der Waals surface area (Å²) in [7, 11) is 0. The number of nitro benzene ring substituents is 1. The third-order valence-electron chi connectivity index (χ3n) is 3.02. The molecule has 0 N–H and O–H groups in total. The van der Waals surface area contributed by atoms with E-state index in [1.807, 2.05) is 0 Å². The quantitative estimate of drug-likeness (QED) is 0.425. The maximum Gasteiger partial charge on any atom is 0.423 e. The highest BCUT2D eigenvalue weighted by Crippen LogP contribution is 2.39. The van der Waals surface area contributed by atoms with Crippen molar-refractivity contribution >= 4 is 5.69 Å². The van der Waals surface area contributed by atoms with Crippen molar-refractivity contribution < 1.29 is 31.3 Å². The lowest BCUT2D eigenvalue weighted by Crippen LogP contribution is -2.09. The molecule has 0 bridgehead atoms. The lowest BCUT2D eigenvalue weighted by Gasteiger charge is -2.11. The molecule has 0 saturated carbocycles. The average molecular weight is 335 g/mol. The Morgan fingerprint density at radius 1 is 0.826 bits per heavy atom. The van der Waals surface area contributed by atoms with Crippen LogP contribution in [0.1, 0.15) is 11.1 Å². The van der Waals surface area contributed by atoms with Gasteiger partial charge >= 0.3 is 12.4 Å². The second-order valence-corrected chi connectivity index (χ2v) is 4.57. The number of hydrogen-bond acceptors (Lipinski definition) is 2. The Labute approximate surface area is 125 Å². The Bertz CT molecular complexity index is 752. The first-order chi connectivity index (χ1) is 10.5. The summed E-state index contributed by atoms with van der Waals surface area (Å²) < 4.78 is 76.6. The van der Waals surface area contributed by atoms with Crippen LogP contribution in [0.5, 0.6) is 0 Å². The molecular formula is C14H7F6NO2. The van der Waals surface area contributed by atoms with Gasteiger partial charge in [0.1, 0.15) is 5.56 Å². The van der Waals surface area contributed by atoms with Gasteiger partial charge < -0.3 is 0 Å². The standard InChI is InChI=1S/C14H7F6NO2/c15-13(16,17)10-3-1-2-8(6-10)9-4-5-12(21(22)23)11(7-9)14(18,19)20/h1-7H. The first-order valence-electron chi connectivity index (χ1n) is 6.03. The van der Waals surface area contributed by atoms with E-state index >= 15 is 0 Å². The van der Waals surface area contributed by atoms with E-state index in [0.29, 0.717) is 18.2 Å². The number of rotatable bonds is 2. The van der Waals surface area contributed by atoms with Gasteiger partial charge in [0.25, 0.3) is 5.69 Å². The molecule has 122 valence electrons. The molecule has 3 nitrogen and oxygen atoms in total. The lowest BCUT2D eigenvalue weighted by molar-refractivity contribution is -0.388. The molecule has 23 heavy (non-hydrogen) atoms. The van der Waals surface area contributed by atoms with E-state index in [-0.39, 0.29) is 11.1 Å². The molecule has 0 amide bonds. The first-order valence-corrected chi connectivity index (χ1v) is 6.03. The molecule has 2 aromatic carbocycles. The highest BCUT2D eigenvalue weighted by Gasteiger charge is 2.38. The summed E-state index contributed by atoms with van der Waals surface area (Å²) in [4.78, 5) is 9.46. The minimum Gasteiger partial charge on any atom is -0.258 e. The molecule has 0 atom stereocenters. The van der Waals surface area contributed by atoms with Gasteiger partial charge in [-0.25, -0.2) is 0 Å². The van der Waals surface area contributed by atoms with Crippen LogP contribution in [0.2, 0.25) is 0 Å². The molecule has 0 aliphatic rings. The van der Waals surface area contributed by atoms with Gasteiger partial charge in [-0.15, -0.1) is 0 Å². The second kappa shape index (κ2) is 5.56. The third kappa shape index (κ3) is 3.61. The van der Waals surface area contributed by atoms with Crippen LogP contribution in [-0.4, -0.2) is 4.92 Å². The average Bonchev–Trinajstić information content (AvgIpc) is 2.45. The molecule has 0 fully saturated rings.